The van der Waals surface area contributed by atoms with Crippen LogP contribution in [0.4, 0.5) is 0 Å². The molecule has 0 amide bonds. The third-order valence-electron chi connectivity index (χ3n) is 2.89. The van der Waals surface area contributed by atoms with E-state index in [9.17, 15) is 0 Å². The molecule has 16 heavy (non-hydrogen) atoms. The maximum absolute atomic E-state index is 4.77. The van der Waals surface area contributed by atoms with E-state index in [1.165, 1.54) is 28.4 Å². The molecule has 1 aromatic rings. The summed E-state index contributed by atoms with van der Waals surface area (Å²) in [6.07, 6.45) is 3.78. The fraction of sp³-hybridized carbons (Fsp3) is 0.769. The molecule has 0 atom stereocenters. The first-order valence-electron chi connectivity index (χ1n) is 6.39. The van der Waals surface area contributed by atoms with Gasteiger partial charge in [-0.1, -0.05) is 20.8 Å². The lowest BCUT2D eigenvalue weighted by Gasteiger charge is -2.06. The highest BCUT2D eigenvalue weighted by atomic mass is 32.1. The standard InChI is InChI=1S/C13H22N2S/c1-4-11-12(8-14-7-9(2)3)16-13(15-11)10-5-6-10/h9-10,14H,4-8H2,1-3H3. The summed E-state index contributed by atoms with van der Waals surface area (Å²) in [5.41, 5.74) is 1.32. The molecule has 1 N–H and O–H groups in total. The second-order valence-corrected chi connectivity index (χ2v) is 6.19. The van der Waals surface area contributed by atoms with Gasteiger partial charge in [0.15, 0.2) is 0 Å². The van der Waals surface area contributed by atoms with Gasteiger partial charge < -0.3 is 5.32 Å². The van der Waals surface area contributed by atoms with E-state index in [0.717, 1.165) is 31.3 Å². The van der Waals surface area contributed by atoms with E-state index in [4.69, 9.17) is 4.98 Å². The van der Waals surface area contributed by atoms with E-state index in [2.05, 4.69) is 26.1 Å². The number of rotatable bonds is 6. The molecule has 0 saturated heterocycles. The molecule has 0 aliphatic heterocycles. The number of thiazole rings is 1. The van der Waals surface area contributed by atoms with Crippen LogP contribution in [0.2, 0.25) is 0 Å². The second kappa shape index (κ2) is 5.28. The number of aromatic nitrogens is 1. The smallest absolute Gasteiger partial charge is 0.0962 e. The van der Waals surface area contributed by atoms with Gasteiger partial charge in [0.1, 0.15) is 0 Å². The highest BCUT2D eigenvalue weighted by molar-refractivity contribution is 7.11. The van der Waals surface area contributed by atoms with Crippen molar-refractivity contribution in [2.75, 3.05) is 6.54 Å². The van der Waals surface area contributed by atoms with Gasteiger partial charge in [-0.25, -0.2) is 4.98 Å². The summed E-state index contributed by atoms with van der Waals surface area (Å²) in [6.45, 7) is 8.80. The first kappa shape index (κ1) is 12.1. The van der Waals surface area contributed by atoms with Crippen molar-refractivity contribution in [1.82, 2.24) is 10.3 Å². The Bertz CT molecular complexity index is 340. The summed E-state index contributed by atoms with van der Waals surface area (Å²) >= 11 is 1.93. The number of hydrogen-bond donors (Lipinski definition) is 1. The summed E-state index contributed by atoms with van der Waals surface area (Å²) in [7, 11) is 0. The third kappa shape index (κ3) is 3.05. The lowest BCUT2D eigenvalue weighted by molar-refractivity contribution is 0.553. The Hall–Kier alpha value is -0.410. The van der Waals surface area contributed by atoms with Crippen LogP contribution in [0.5, 0.6) is 0 Å². The largest absolute Gasteiger partial charge is 0.312 e. The predicted octanol–water partition coefficient (Wildman–Crippen LogP) is 3.33. The van der Waals surface area contributed by atoms with Gasteiger partial charge in [-0.2, -0.15) is 0 Å². The predicted molar refractivity (Wildman–Crippen MR) is 70.0 cm³/mol. The highest BCUT2D eigenvalue weighted by Crippen LogP contribution is 2.42. The highest BCUT2D eigenvalue weighted by Gasteiger charge is 2.27. The van der Waals surface area contributed by atoms with Crippen LogP contribution in [0.3, 0.4) is 0 Å². The minimum absolute atomic E-state index is 0.723. The summed E-state index contributed by atoms with van der Waals surface area (Å²) in [6, 6.07) is 0. The third-order valence-corrected chi connectivity index (χ3v) is 4.15. The molecule has 1 fully saturated rings. The molecule has 0 unspecified atom stereocenters. The van der Waals surface area contributed by atoms with Crippen molar-refractivity contribution in [3.05, 3.63) is 15.6 Å². The molecular formula is C13H22N2S. The molecule has 0 radical (unpaired) electrons. The van der Waals surface area contributed by atoms with Gasteiger partial charge in [0.2, 0.25) is 0 Å². The summed E-state index contributed by atoms with van der Waals surface area (Å²) in [5, 5.41) is 4.91. The molecule has 1 heterocycles. The Labute approximate surface area is 102 Å². The van der Waals surface area contributed by atoms with Crippen molar-refractivity contribution in [3.63, 3.8) is 0 Å². The van der Waals surface area contributed by atoms with E-state index >= 15 is 0 Å². The monoisotopic (exact) mass is 238 g/mol. The van der Waals surface area contributed by atoms with E-state index < -0.39 is 0 Å². The average Bonchev–Trinajstić information content (AvgIpc) is 3.00. The minimum atomic E-state index is 0.723. The first-order valence-corrected chi connectivity index (χ1v) is 7.21. The molecule has 0 spiro atoms. The molecule has 2 nitrogen and oxygen atoms in total. The van der Waals surface area contributed by atoms with Gasteiger partial charge in [-0.3, -0.25) is 0 Å². The summed E-state index contributed by atoms with van der Waals surface area (Å²) in [4.78, 5) is 6.23. The van der Waals surface area contributed by atoms with Crippen molar-refractivity contribution in [3.8, 4) is 0 Å². The van der Waals surface area contributed by atoms with Crippen LogP contribution >= 0.6 is 11.3 Å². The Morgan fingerprint density at radius 3 is 2.75 bits per heavy atom. The van der Waals surface area contributed by atoms with Crippen LogP contribution in [-0.4, -0.2) is 11.5 Å². The number of nitrogens with one attached hydrogen (secondary N) is 1. The fourth-order valence-corrected chi connectivity index (χ4v) is 3.09. The van der Waals surface area contributed by atoms with Crippen molar-refractivity contribution in [2.24, 2.45) is 5.92 Å². The van der Waals surface area contributed by atoms with Crippen LogP contribution in [0.1, 0.15) is 55.1 Å². The zero-order valence-corrected chi connectivity index (χ0v) is 11.4. The van der Waals surface area contributed by atoms with Crippen molar-refractivity contribution >= 4 is 11.3 Å². The van der Waals surface area contributed by atoms with E-state index in [0.29, 0.717) is 0 Å². The molecule has 0 bridgehead atoms. The minimum Gasteiger partial charge on any atom is -0.312 e. The number of nitrogens with zero attached hydrogens (tertiary/aromatic N) is 1. The van der Waals surface area contributed by atoms with Gasteiger partial charge in [0, 0.05) is 17.3 Å². The lowest BCUT2D eigenvalue weighted by atomic mass is 10.2. The molecular weight excluding hydrogens is 216 g/mol. The van der Waals surface area contributed by atoms with E-state index in [1.807, 2.05) is 11.3 Å². The maximum atomic E-state index is 4.77. The quantitative estimate of drug-likeness (QED) is 0.822. The molecule has 2 rings (SSSR count). The van der Waals surface area contributed by atoms with Crippen LogP contribution < -0.4 is 5.32 Å². The number of aryl methyl sites for hydroxylation is 1. The Morgan fingerprint density at radius 1 is 1.44 bits per heavy atom. The normalized spacial score (nSPS) is 16.0. The van der Waals surface area contributed by atoms with E-state index in [-0.39, 0.29) is 0 Å². The Balaban J connectivity index is 1.95. The summed E-state index contributed by atoms with van der Waals surface area (Å²) < 4.78 is 0. The molecule has 1 aliphatic carbocycles. The van der Waals surface area contributed by atoms with Gasteiger partial charge in [0.05, 0.1) is 10.7 Å². The van der Waals surface area contributed by atoms with Crippen molar-refractivity contribution in [2.45, 2.75) is 52.5 Å². The molecule has 1 aliphatic rings. The SMILES string of the molecule is CCc1nc(C2CC2)sc1CNCC(C)C. The van der Waals surface area contributed by atoms with Crippen LogP contribution in [0.25, 0.3) is 0 Å². The zero-order chi connectivity index (χ0) is 11.5. The van der Waals surface area contributed by atoms with Crippen LogP contribution in [0, 0.1) is 5.92 Å². The number of hydrogen-bond acceptors (Lipinski definition) is 3. The zero-order valence-electron chi connectivity index (χ0n) is 10.5. The van der Waals surface area contributed by atoms with Gasteiger partial charge in [-0.05, 0) is 31.7 Å². The molecule has 90 valence electrons. The lowest BCUT2D eigenvalue weighted by Crippen LogP contribution is -2.18. The maximum Gasteiger partial charge on any atom is 0.0962 e. The van der Waals surface area contributed by atoms with Crippen molar-refractivity contribution in [1.29, 1.82) is 0 Å². The van der Waals surface area contributed by atoms with Gasteiger partial charge >= 0.3 is 0 Å². The van der Waals surface area contributed by atoms with Gasteiger partial charge in [0.25, 0.3) is 0 Å². The summed E-state index contributed by atoms with van der Waals surface area (Å²) in [5.74, 6) is 1.52. The first-order chi connectivity index (χ1) is 7.70. The molecule has 1 aromatic heterocycles. The van der Waals surface area contributed by atoms with Crippen LogP contribution in [-0.2, 0) is 13.0 Å². The second-order valence-electron chi connectivity index (χ2n) is 5.07. The molecule has 1 saturated carbocycles. The van der Waals surface area contributed by atoms with Crippen LogP contribution in [0.15, 0.2) is 0 Å². The fourth-order valence-electron chi connectivity index (χ4n) is 1.80. The average molecular weight is 238 g/mol. The Kier molecular flexibility index (Phi) is 3.98. The molecule has 3 heteroatoms. The van der Waals surface area contributed by atoms with E-state index in [1.54, 1.807) is 0 Å². The topological polar surface area (TPSA) is 24.9 Å². The van der Waals surface area contributed by atoms with Crippen molar-refractivity contribution < 1.29 is 0 Å². The van der Waals surface area contributed by atoms with Gasteiger partial charge in [-0.15, -0.1) is 11.3 Å². The Morgan fingerprint density at radius 2 is 2.19 bits per heavy atom. The molecule has 0 aromatic carbocycles.